The maximum absolute atomic E-state index is 12.5. The number of benzene rings is 1. The lowest BCUT2D eigenvalue weighted by atomic mass is 9.82. The van der Waals surface area contributed by atoms with Gasteiger partial charge in [0.1, 0.15) is 6.10 Å². The van der Waals surface area contributed by atoms with Gasteiger partial charge in [-0.3, -0.25) is 4.79 Å². The van der Waals surface area contributed by atoms with Crippen LogP contribution in [-0.4, -0.2) is 19.0 Å². The Hall–Kier alpha value is -0.570. The highest BCUT2D eigenvalue weighted by molar-refractivity contribution is 6.35. The minimum absolute atomic E-state index is 0.114. The van der Waals surface area contributed by atoms with E-state index in [0.29, 0.717) is 22.4 Å². The van der Waals surface area contributed by atoms with Crippen molar-refractivity contribution in [2.75, 3.05) is 7.11 Å². The molecule has 1 aromatic carbocycles. The summed E-state index contributed by atoms with van der Waals surface area (Å²) in [4.78, 5) is 12.5. The van der Waals surface area contributed by atoms with E-state index in [4.69, 9.17) is 27.9 Å². The molecular weight excluding hydrogens is 295 g/mol. The molecule has 0 aromatic heterocycles. The van der Waals surface area contributed by atoms with Gasteiger partial charge in [-0.15, -0.1) is 0 Å². The standard InChI is InChI=1S/C16H20Cl2O2/c1-20-16(11-5-3-2-4-6-11)15(19)9-12-7-8-13(17)10-14(12)18/h7-8,10-11,16H,2-6,9H2,1H3. The molecule has 4 heteroatoms. The predicted octanol–water partition coefficient (Wildman–Crippen LogP) is 4.70. The van der Waals surface area contributed by atoms with E-state index >= 15 is 0 Å². The molecule has 0 heterocycles. The summed E-state index contributed by atoms with van der Waals surface area (Å²) in [6, 6.07) is 5.25. The molecule has 0 aliphatic heterocycles. The SMILES string of the molecule is COC(C(=O)Cc1ccc(Cl)cc1Cl)C1CCCCC1. The topological polar surface area (TPSA) is 26.3 Å². The zero-order valence-electron chi connectivity index (χ0n) is 11.7. The van der Waals surface area contributed by atoms with Crippen LogP contribution in [-0.2, 0) is 16.0 Å². The lowest BCUT2D eigenvalue weighted by Crippen LogP contribution is -2.34. The highest BCUT2D eigenvalue weighted by Crippen LogP contribution is 2.29. The molecule has 110 valence electrons. The normalized spacial score (nSPS) is 17.9. The van der Waals surface area contributed by atoms with E-state index in [2.05, 4.69) is 0 Å². The number of hydrogen-bond acceptors (Lipinski definition) is 2. The van der Waals surface area contributed by atoms with Crippen molar-refractivity contribution >= 4 is 29.0 Å². The summed E-state index contributed by atoms with van der Waals surface area (Å²) < 4.78 is 5.47. The van der Waals surface area contributed by atoms with Crippen molar-refractivity contribution in [2.45, 2.75) is 44.6 Å². The van der Waals surface area contributed by atoms with Gasteiger partial charge in [0.05, 0.1) is 0 Å². The van der Waals surface area contributed by atoms with Crippen LogP contribution in [0.5, 0.6) is 0 Å². The van der Waals surface area contributed by atoms with E-state index in [1.165, 1.54) is 19.3 Å². The largest absolute Gasteiger partial charge is 0.373 e. The molecule has 0 bridgehead atoms. The summed E-state index contributed by atoms with van der Waals surface area (Å²) >= 11 is 12.0. The minimum Gasteiger partial charge on any atom is -0.373 e. The molecule has 1 saturated carbocycles. The number of ether oxygens (including phenoxy) is 1. The lowest BCUT2D eigenvalue weighted by molar-refractivity contribution is -0.132. The predicted molar refractivity (Wildman–Crippen MR) is 82.5 cm³/mol. The van der Waals surface area contributed by atoms with Gasteiger partial charge in [-0.2, -0.15) is 0 Å². The van der Waals surface area contributed by atoms with Crippen LogP contribution in [0.15, 0.2) is 18.2 Å². The number of Topliss-reactive ketones (excluding diaryl/α,β-unsaturated/α-hetero) is 1. The molecule has 1 unspecified atom stereocenters. The highest BCUT2D eigenvalue weighted by atomic mass is 35.5. The highest BCUT2D eigenvalue weighted by Gasteiger charge is 2.29. The third kappa shape index (κ3) is 3.97. The molecule has 0 saturated heterocycles. The molecule has 1 aliphatic carbocycles. The van der Waals surface area contributed by atoms with Crippen LogP contribution in [0.2, 0.25) is 10.0 Å². The molecule has 1 aliphatic rings. The molecular formula is C16H20Cl2O2. The fraction of sp³-hybridized carbons (Fsp3) is 0.562. The van der Waals surface area contributed by atoms with Crippen molar-refractivity contribution in [2.24, 2.45) is 5.92 Å². The van der Waals surface area contributed by atoms with Gasteiger partial charge >= 0.3 is 0 Å². The van der Waals surface area contributed by atoms with Crippen molar-refractivity contribution in [3.8, 4) is 0 Å². The fourth-order valence-corrected chi connectivity index (χ4v) is 3.45. The zero-order chi connectivity index (χ0) is 14.5. The van der Waals surface area contributed by atoms with Crippen molar-refractivity contribution < 1.29 is 9.53 Å². The first-order valence-corrected chi connectivity index (χ1v) is 7.87. The van der Waals surface area contributed by atoms with E-state index in [-0.39, 0.29) is 11.9 Å². The summed E-state index contributed by atoms with van der Waals surface area (Å²) in [6.07, 6.45) is 5.83. The molecule has 1 fully saturated rings. The number of hydrogen-bond donors (Lipinski definition) is 0. The Morgan fingerprint density at radius 3 is 2.60 bits per heavy atom. The van der Waals surface area contributed by atoms with Gasteiger partial charge < -0.3 is 4.74 Å². The van der Waals surface area contributed by atoms with E-state index in [0.717, 1.165) is 18.4 Å². The summed E-state index contributed by atoms with van der Waals surface area (Å²) in [6.45, 7) is 0. The van der Waals surface area contributed by atoms with Crippen LogP contribution in [0.25, 0.3) is 0 Å². The van der Waals surface area contributed by atoms with Gasteiger partial charge in [-0.05, 0) is 36.5 Å². The molecule has 20 heavy (non-hydrogen) atoms. The van der Waals surface area contributed by atoms with E-state index in [9.17, 15) is 4.79 Å². The zero-order valence-corrected chi connectivity index (χ0v) is 13.2. The van der Waals surface area contributed by atoms with Crippen molar-refractivity contribution in [3.63, 3.8) is 0 Å². The number of carbonyl (C=O) groups excluding carboxylic acids is 1. The molecule has 0 radical (unpaired) electrons. The van der Waals surface area contributed by atoms with Gasteiger partial charge in [0.25, 0.3) is 0 Å². The number of halogens is 2. The van der Waals surface area contributed by atoms with Gasteiger partial charge in [0.2, 0.25) is 0 Å². The average Bonchev–Trinajstić information content (AvgIpc) is 2.44. The first kappa shape index (κ1) is 15.8. The third-order valence-electron chi connectivity index (χ3n) is 4.03. The van der Waals surface area contributed by atoms with Crippen LogP contribution in [0.1, 0.15) is 37.7 Å². The summed E-state index contributed by atoms with van der Waals surface area (Å²) in [5.74, 6) is 0.468. The van der Waals surface area contributed by atoms with Gasteiger partial charge in [0.15, 0.2) is 5.78 Å². The van der Waals surface area contributed by atoms with Crippen LogP contribution in [0.4, 0.5) is 0 Å². The number of ketones is 1. The molecule has 0 spiro atoms. The maximum Gasteiger partial charge on any atom is 0.166 e. The first-order chi connectivity index (χ1) is 9.61. The Bertz CT molecular complexity index is 468. The Labute approximate surface area is 130 Å². The number of rotatable bonds is 5. The smallest absolute Gasteiger partial charge is 0.166 e. The minimum atomic E-state index is -0.304. The van der Waals surface area contributed by atoms with Crippen LogP contribution >= 0.6 is 23.2 Å². The average molecular weight is 315 g/mol. The second-order valence-electron chi connectivity index (χ2n) is 5.43. The second-order valence-corrected chi connectivity index (χ2v) is 6.28. The summed E-state index contributed by atoms with van der Waals surface area (Å²) in [5, 5.41) is 1.13. The van der Waals surface area contributed by atoms with Gasteiger partial charge in [-0.1, -0.05) is 48.5 Å². The molecule has 1 aromatic rings. The Morgan fingerprint density at radius 1 is 1.30 bits per heavy atom. The van der Waals surface area contributed by atoms with Crippen LogP contribution in [0.3, 0.4) is 0 Å². The number of carbonyl (C=O) groups is 1. The molecule has 0 amide bonds. The van der Waals surface area contributed by atoms with Gasteiger partial charge in [-0.25, -0.2) is 0 Å². The van der Waals surface area contributed by atoms with Gasteiger partial charge in [0, 0.05) is 23.6 Å². The van der Waals surface area contributed by atoms with Crippen molar-refractivity contribution in [1.29, 1.82) is 0 Å². The molecule has 2 nitrogen and oxygen atoms in total. The maximum atomic E-state index is 12.5. The molecule has 0 N–H and O–H groups in total. The quantitative estimate of drug-likeness (QED) is 0.787. The van der Waals surface area contributed by atoms with E-state index in [1.807, 2.05) is 6.07 Å². The van der Waals surface area contributed by atoms with E-state index in [1.54, 1.807) is 19.2 Å². The van der Waals surface area contributed by atoms with E-state index < -0.39 is 0 Å². The summed E-state index contributed by atoms with van der Waals surface area (Å²) in [5.41, 5.74) is 0.818. The lowest BCUT2D eigenvalue weighted by Gasteiger charge is -2.28. The third-order valence-corrected chi connectivity index (χ3v) is 4.62. The molecule has 2 rings (SSSR count). The van der Waals surface area contributed by atoms with Crippen LogP contribution < -0.4 is 0 Å². The van der Waals surface area contributed by atoms with Crippen molar-refractivity contribution in [1.82, 2.24) is 0 Å². The Balaban J connectivity index is 2.04. The summed E-state index contributed by atoms with van der Waals surface area (Å²) in [7, 11) is 1.63. The Morgan fingerprint density at radius 2 is 2.00 bits per heavy atom. The number of methoxy groups -OCH3 is 1. The second kappa shape index (κ2) is 7.44. The Kier molecular flexibility index (Phi) is 5.88. The molecule has 1 atom stereocenters. The first-order valence-electron chi connectivity index (χ1n) is 7.11. The van der Waals surface area contributed by atoms with Crippen molar-refractivity contribution in [3.05, 3.63) is 33.8 Å². The fourth-order valence-electron chi connectivity index (χ4n) is 2.98. The monoisotopic (exact) mass is 314 g/mol. The van der Waals surface area contributed by atoms with Crippen LogP contribution in [0, 0.1) is 5.92 Å².